The van der Waals surface area contributed by atoms with Gasteiger partial charge in [-0.2, -0.15) is 15.0 Å². The van der Waals surface area contributed by atoms with Crippen LogP contribution in [0.3, 0.4) is 0 Å². The van der Waals surface area contributed by atoms with Crippen LogP contribution in [0.1, 0.15) is 0 Å². The van der Waals surface area contributed by atoms with E-state index in [1.807, 2.05) is 0 Å². The minimum atomic E-state index is -0.436. The van der Waals surface area contributed by atoms with Crippen molar-refractivity contribution in [3.63, 3.8) is 0 Å². The Kier molecular flexibility index (Phi) is 3.93. The van der Waals surface area contributed by atoms with Gasteiger partial charge in [-0.15, -0.1) is 0 Å². The van der Waals surface area contributed by atoms with Gasteiger partial charge in [0.15, 0.2) is 0 Å². The van der Waals surface area contributed by atoms with Crippen molar-refractivity contribution in [2.75, 3.05) is 12.4 Å². The Morgan fingerprint density at radius 3 is 2.83 bits per heavy atom. The number of methoxy groups -OCH3 is 1. The van der Waals surface area contributed by atoms with Crippen LogP contribution in [0.2, 0.25) is 5.28 Å². The minimum Gasteiger partial charge on any atom is -0.467 e. The average molecular weight is 334 g/mol. The van der Waals surface area contributed by atoms with Crippen molar-refractivity contribution >= 4 is 39.2 Å². The molecule has 1 heterocycles. The summed E-state index contributed by atoms with van der Waals surface area (Å²) < 4.78 is 19.1. The van der Waals surface area contributed by atoms with E-state index in [0.717, 1.165) is 4.47 Å². The molecule has 18 heavy (non-hydrogen) atoms. The topological polar surface area (TPSA) is 59.9 Å². The van der Waals surface area contributed by atoms with Crippen LogP contribution in [0, 0.1) is 5.82 Å². The number of nitrogens with one attached hydrogen (secondary N) is 1. The third-order valence-electron chi connectivity index (χ3n) is 1.95. The van der Waals surface area contributed by atoms with Crippen LogP contribution in [0.4, 0.5) is 16.0 Å². The smallest absolute Gasteiger partial charge is 0.322 e. The summed E-state index contributed by atoms with van der Waals surface area (Å²) in [6.45, 7) is 0. The van der Waals surface area contributed by atoms with Gasteiger partial charge in [-0.25, -0.2) is 4.39 Å². The van der Waals surface area contributed by atoms with Gasteiger partial charge in [0.2, 0.25) is 11.2 Å². The molecular weight excluding hydrogens is 326 g/mol. The fourth-order valence-corrected chi connectivity index (χ4v) is 1.71. The standard InChI is InChI=1S/C10H7BrClFN4O/c1-18-10-16-8(12)15-9(17-10)14-7-4-5(11)2-3-6(7)13/h2-4H,1H3,(H,14,15,16,17). The van der Waals surface area contributed by atoms with Gasteiger partial charge in [0.25, 0.3) is 0 Å². The monoisotopic (exact) mass is 332 g/mol. The van der Waals surface area contributed by atoms with Crippen LogP contribution >= 0.6 is 27.5 Å². The van der Waals surface area contributed by atoms with Gasteiger partial charge in [-0.3, -0.25) is 0 Å². The SMILES string of the molecule is COc1nc(Cl)nc(Nc2cc(Br)ccc2F)n1. The van der Waals surface area contributed by atoms with Crippen molar-refractivity contribution in [3.8, 4) is 6.01 Å². The molecule has 1 N–H and O–H groups in total. The summed E-state index contributed by atoms with van der Waals surface area (Å²) in [7, 11) is 1.40. The Labute approximate surface area is 116 Å². The molecule has 94 valence electrons. The summed E-state index contributed by atoms with van der Waals surface area (Å²) in [5.41, 5.74) is 0.216. The highest BCUT2D eigenvalue weighted by Crippen LogP contribution is 2.23. The number of hydrogen-bond donors (Lipinski definition) is 1. The Hall–Kier alpha value is -1.47. The molecule has 0 aliphatic carbocycles. The first-order valence-electron chi connectivity index (χ1n) is 4.76. The van der Waals surface area contributed by atoms with E-state index in [-0.39, 0.29) is 22.9 Å². The molecule has 0 saturated carbocycles. The molecule has 0 fully saturated rings. The summed E-state index contributed by atoms with van der Waals surface area (Å²) in [4.78, 5) is 11.4. The van der Waals surface area contributed by atoms with Crippen molar-refractivity contribution < 1.29 is 9.13 Å². The average Bonchev–Trinajstić information content (AvgIpc) is 2.33. The number of ether oxygens (including phenoxy) is 1. The second-order valence-corrected chi connectivity index (χ2v) is 4.42. The summed E-state index contributed by atoms with van der Waals surface area (Å²) in [5, 5.41) is 2.66. The molecule has 5 nitrogen and oxygen atoms in total. The summed E-state index contributed by atoms with van der Waals surface area (Å²) in [6, 6.07) is 4.50. The number of nitrogens with zero attached hydrogens (tertiary/aromatic N) is 3. The van der Waals surface area contributed by atoms with Gasteiger partial charge in [0, 0.05) is 4.47 Å². The minimum absolute atomic E-state index is 0.0419. The highest BCUT2D eigenvalue weighted by Gasteiger charge is 2.08. The summed E-state index contributed by atoms with van der Waals surface area (Å²) in [5.74, 6) is -0.336. The van der Waals surface area contributed by atoms with Gasteiger partial charge < -0.3 is 10.1 Å². The van der Waals surface area contributed by atoms with E-state index in [1.54, 1.807) is 12.1 Å². The highest BCUT2D eigenvalue weighted by molar-refractivity contribution is 9.10. The van der Waals surface area contributed by atoms with Gasteiger partial charge in [-0.1, -0.05) is 15.9 Å². The lowest BCUT2D eigenvalue weighted by atomic mass is 10.3. The molecule has 1 aromatic heterocycles. The zero-order valence-electron chi connectivity index (χ0n) is 9.12. The van der Waals surface area contributed by atoms with E-state index >= 15 is 0 Å². The van der Waals surface area contributed by atoms with Gasteiger partial charge in [0.1, 0.15) is 5.82 Å². The largest absolute Gasteiger partial charge is 0.467 e. The van der Waals surface area contributed by atoms with E-state index in [1.165, 1.54) is 13.2 Å². The van der Waals surface area contributed by atoms with Gasteiger partial charge in [-0.05, 0) is 29.8 Å². The third kappa shape index (κ3) is 3.05. The fourth-order valence-electron chi connectivity index (χ4n) is 1.19. The molecule has 8 heteroatoms. The zero-order valence-corrected chi connectivity index (χ0v) is 11.5. The first-order valence-corrected chi connectivity index (χ1v) is 5.93. The van der Waals surface area contributed by atoms with E-state index in [4.69, 9.17) is 16.3 Å². The quantitative estimate of drug-likeness (QED) is 0.935. The molecule has 1 aromatic carbocycles. The second kappa shape index (κ2) is 5.45. The first-order chi connectivity index (χ1) is 8.58. The molecule has 0 aliphatic heterocycles. The molecule has 0 spiro atoms. The zero-order chi connectivity index (χ0) is 13.1. The Morgan fingerprint density at radius 1 is 1.33 bits per heavy atom. The van der Waals surface area contributed by atoms with Crippen LogP contribution in [0.5, 0.6) is 6.01 Å². The molecule has 0 bridgehead atoms. The van der Waals surface area contributed by atoms with Crippen molar-refractivity contribution in [2.24, 2.45) is 0 Å². The van der Waals surface area contributed by atoms with Gasteiger partial charge in [0.05, 0.1) is 12.8 Å². The van der Waals surface area contributed by atoms with Gasteiger partial charge >= 0.3 is 6.01 Å². The number of benzene rings is 1. The van der Waals surface area contributed by atoms with Crippen molar-refractivity contribution in [2.45, 2.75) is 0 Å². The van der Waals surface area contributed by atoms with Crippen molar-refractivity contribution in [1.82, 2.24) is 15.0 Å². The molecule has 0 amide bonds. The molecule has 0 atom stereocenters. The number of anilines is 2. The van der Waals surface area contributed by atoms with E-state index in [2.05, 4.69) is 36.2 Å². The van der Waals surface area contributed by atoms with Crippen molar-refractivity contribution in [1.29, 1.82) is 0 Å². The number of aromatic nitrogens is 3. The predicted octanol–water partition coefficient (Wildman–Crippen LogP) is 3.18. The molecule has 0 radical (unpaired) electrons. The summed E-state index contributed by atoms with van der Waals surface area (Å²) in [6.07, 6.45) is 0. The number of rotatable bonds is 3. The predicted molar refractivity (Wildman–Crippen MR) is 68.8 cm³/mol. The van der Waals surface area contributed by atoms with E-state index in [0.29, 0.717) is 0 Å². The maximum atomic E-state index is 13.5. The molecule has 0 aliphatic rings. The maximum absolute atomic E-state index is 13.5. The van der Waals surface area contributed by atoms with Crippen LogP contribution in [-0.2, 0) is 0 Å². The Morgan fingerprint density at radius 2 is 2.11 bits per heavy atom. The van der Waals surface area contributed by atoms with E-state index in [9.17, 15) is 4.39 Å². The molecule has 2 aromatic rings. The van der Waals surface area contributed by atoms with Crippen molar-refractivity contribution in [3.05, 3.63) is 33.8 Å². The maximum Gasteiger partial charge on any atom is 0.322 e. The fraction of sp³-hybridized carbons (Fsp3) is 0.100. The normalized spacial score (nSPS) is 10.2. The summed E-state index contributed by atoms with van der Waals surface area (Å²) >= 11 is 8.92. The third-order valence-corrected chi connectivity index (χ3v) is 2.61. The Balaban J connectivity index is 2.33. The number of hydrogen-bond acceptors (Lipinski definition) is 5. The lowest BCUT2D eigenvalue weighted by Gasteiger charge is -2.07. The second-order valence-electron chi connectivity index (χ2n) is 3.16. The number of halogens is 3. The van der Waals surface area contributed by atoms with Crippen LogP contribution in [0.25, 0.3) is 0 Å². The molecule has 0 saturated heterocycles. The van der Waals surface area contributed by atoms with Crippen LogP contribution in [-0.4, -0.2) is 22.1 Å². The first kappa shape index (κ1) is 13.0. The molecule has 2 rings (SSSR count). The van der Waals surface area contributed by atoms with Crippen LogP contribution in [0.15, 0.2) is 22.7 Å². The molecular formula is C10H7BrClFN4O. The van der Waals surface area contributed by atoms with E-state index < -0.39 is 5.82 Å². The Bertz CT molecular complexity index is 584. The highest BCUT2D eigenvalue weighted by atomic mass is 79.9. The lowest BCUT2D eigenvalue weighted by molar-refractivity contribution is 0.379. The van der Waals surface area contributed by atoms with Crippen LogP contribution < -0.4 is 10.1 Å². The molecule has 0 unspecified atom stereocenters. The lowest BCUT2D eigenvalue weighted by Crippen LogP contribution is -2.02.